The lowest BCUT2D eigenvalue weighted by atomic mass is 10.3. The summed E-state index contributed by atoms with van der Waals surface area (Å²) in [5, 5.41) is -4.52. The molecule has 0 aromatic heterocycles. The van der Waals surface area contributed by atoms with Crippen LogP contribution in [0.1, 0.15) is 6.92 Å². The van der Waals surface area contributed by atoms with Gasteiger partial charge in [-0.15, -0.1) is 0 Å². The first-order valence-corrected chi connectivity index (χ1v) is 11.3. The summed E-state index contributed by atoms with van der Waals surface area (Å²) in [7, 11) is -6.24. The molecule has 0 aliphatic carbocycles. The van der Waals surface area contributed by atoms with Crippen LogP contribution in [0.4, 0.5) is 8.78 Å². The molecule has 29 heavy (non-hydrogen) atoms. The smallest absolute Gasteiger partial charge is 0.369 e. The van der Waals surface area contributed by atoms with E-state index in [-0.39, 0.29) is 5.75 Å². The molecule has 4 nitrogen and oxygen atoms in total. The number of halogens is 2. The highest BCUT2D eigenvalue weighted by molar-refractivity contribution is 7.97. The van der Waals surface area contributed by atoms with E-state index in [0.717, 1.165) is 21.6 Å². The molecule has 152 valence electrons. The predicted octanol–water partition coefficient (Wildman–Crippen LogP) is 4.69. The summed E-state index contributed by atoms with van der Waals surface area (Å²) in [4.78, 5) is 3.11. The van der Waals surface area contributed by atoms with Crippen LogP contribution in [0, 0.1) is 0 Å². The van der Waals surface area contributed by atoms with Gasteiger partial charge in [0, 0.05) is 0 Å². The van der Waals surface area contributed by atoms with E-state index < -0.39 is 32.4 Å². The highest BCUT2D eigenvalue weighted by Gasteiger charge is 2.45. The van der Waals surface area contributed by atoms with E-state index in [1.165, 1.54) is 12.1 Å². The molecule has 0 aliphatic rings. The molecule has 0 heterocycles. The van der Waals surface area contributed by atoms with Crippen LogP contribution < -0.4 is 4.74 Å². The molecule has 0 N–H and O–H groups in total. The maximum atomic E-state index is 13.6. The van der Waals surface area contributed by atoms with Gasteiger partial charge in [0.2, 0.25) is 0 Å². The van der Waals surface area contributed by atoms with Gasteiger partial charge in [-0.05, 0) is 55.5 Å². The molecule has 0 fully saturated rings. The summed E-state index contributed by atoms with van der Waals surface area (Å²) in [5.41, 5.74) is 0. The van der Waals surface area contributed by atoms with Crippen LogP contribution in [0.5, 0.6) is 5.75 Å². The van der Waals surface area contributed by atoms with Gasteiger partial charge in [0.15, 0.2) is 30.9 Å². The van der Waals surface area contributed by atoms with Crippen molar-refractivity contribution in [1.29, 1.82) is 0 Å². The van der Waals surface area contributed by atoms with Crippen LogP contribution in [-0.2, 0) is 21.0 Å². The van der Waals surface area contributed by atoms with Gasteiger partial charge < -0.3 is 9.29 Å². The van der Waals surface area contributed by atoms with Crippen molar-refractivity contribution >= 4 is 21.0 Å². The topological polar surface area (TPSA) is 66.4 Å². The van der Waals surface area contributed by atoms with Crippen molar-refractivity contribution in [2.75, 3.05) is 0 Å². The first kappa shape index (κ1) is 21.3. The minimum atomic E-state index is -5.82. The lowest BCUT2D eigenvalue weighted by Crippen LogP contribution is -2.42. The molecule has 0 bridgehead atoms. The zero-order chi connectivity index (χ0) is 21.1. The van der Waals surface area contributed by atoms with Crippen LogP contribution in [0.2, 0.25) is 0 Å². The average molecular weight is 437 g/mol. The molecule has 1 atom stereocenters. The van der Waals surface area contributed by atoms with Crippen molar-refractivity contribution in [2.24, 2.45) is 0 Å². The lowest BCUT2D eigenvalue weighted by Gasteiger charge is -2.26. The number of hydrogen-bond donors (Lipinski definition) is 0. The third kappa shape index (κ3) is 4.77. The number of ether oxygens (including phenoxy) is 1. The van der Waals surface area contributed by atoms with Crippen molar-refractivity contribution in [3.05, 3.63) is 84.9 Å². The summed E-state index contributed by atoms with van der Waals surface area (Å²) in [6.07, 6.45) is -2.11. The molecule has 0 aliphatic heterocycles. The molecule has 0 radical (unpaired) electrons. The van der Waals surface area contributed by atoms with Gasteiger partial charge in [0.1, 0.15) is 5.75 Å². The Labute approximate surface area is 171 Å². The third-order valence-corrected chi connectivity index (χ3v) is 7.37. The first-order chi connectivity index (χ1) is 13.7. The maximum absolute atomic E-state index is 13.6. The van der Waals surface area contributed by atoms with E-state index in [4.69, 9.17) is 4.74 Å². The quantitative estimate of drug-likeness (QED) is 0.398. The number of alkyl halides is 2. The second kappa shape index (κ2) is 8.52. The van der Waals surface area contributed by atoms with Gasteiger partial charge in [-0.1, -0.05) is 36.4 Å². The molecular weight excluding hydrogens is 418 g/mol. The van der Waals surface area contributed by atoms with Crippen LogP contribution >= 0.6 is 0 Å². The summed E-state index contributed by atoms with van der Waals surface area (Å²) >= 11 is 0. The fourth-order valence-corrected chi connectivity index (χ4v) is 5.19. The molecule has 0 saturated heterocycles. The van der Waals surface area contributed by atoms with E-state index in [9.17, 15) is 21.8 Å². The summed E-state index contributed by atoms with van der Waals surface area (Å²) in [6, 6.07) is 26.2. The van der Waals surface area contributed by atoms with Crippen LogP contribution in [0.25, 0.3) is 0 Å². The van der Waals surface area contributed by atoms with Gasteiger partial charge in [-0.25, -0.2) is 8.42 Å². The normalized spacial score (nSPS) is 13.3. The largest absolute Gasteiger partial charge is 0.743 e. The standard InChI is InChI=1S/C21H18F2O4S2/c1-16(21(22,23)29(24,25)26)27-17-12-14-20(15-13-17)28(18-8-4-2-5-9-18)19-10-6-3-7-11-19/h2-16H,1H3. The van der Waals surface area contributed by atoms with Crippen molar-refractivity contribution < 1.29 is 26.5 Å². The van der Waals surface area contributed by atoms with Gasteiger partial charge in [-0.2, -0.15) is 8.78 Å². The lowest BCUT2D eigenvalue weighted by molar-refractivity contribution is -0.0242. The fraction of sp³-hybridized carbons (Fsp3) is 0.143. The van der Waals surface area contributed by atoms with Crippen LogP contribution in [-0.4, -0.2) is 24.3 Å². The summed E-state index contributed by atoms with van der Waals surface area (Å²) in [6.45, 7) is 0.849. The second-order valence-electron chi connectivity index (χ2n) is 6.18. The van der Waals surface area contributed by atoms with Crippen molar-refractivity contribution in [3.8, 4) is 5.75 Å². The van der Waals surface area contributed by atoms with Crippen molar-refractivity contribution in [2.45, 2.75) is 33.0 Å². The number of benzene rings is 3. The number of hydrogen-bond acceptors (Lipinski definition) is 4. The summed E-state index contributed by atoms with van der Waals surface area (Å²) in [5.74, 6) is 0.0502. The molecule has 0 saturated carbocycles. The highest BCUT2D eigenvalue weighted by Crippen LogP contribution is 2.33. The Balaban J connectivity index is 1.89. The predicted molar refractivity (Wildman–Crippen MR) is 106 cm³/mol. The van der Waals surface area contributed by atoms with Gasteiger partial charge in [0.05, 0.1) is 10.9 Å². The molecule has 8 heteroatoms. The van der Waals surface area contributed by atoms with E-state index in [1.54, 1.807) is 12.1 Å². The van der Waals surface area contributed by atoms with Gasteiger partial charge in [-0.3, -0.25) is 0 Å². The molecule has 0 amide bonds. The van der Waals surface area contributed by atoms with Crippen LogP contribution in [0.3, 0.4) is 0 Å². The second-order valence-corrected chi connectivity index (χ2v) is 9.66. The summed E-state index contributed by atoms with van der Waals surface area (Å²) < 4.78 is 64.6. The molecular formula is C21H18F2O4S2. The molecule has 3 aromatic carbocycles. The number of rotatable bonds is 7. The van der Waals surface area contributed by atoms with Crippen molar-refractivity contribution in [3.63, 3.8) is 0 Å². The Morgan fingerprint density at radius 2 is 1.24 bits per heavy atom. The SMILES string of the molecule is CC(Oc1ccc([S+](c2ccccc2)c2ccccc2)cc1)C(F)(F)S(=O)(=O)[O-]. The van der Waals surface area contributed by atoms with Crippen LogP contribution in [0.15, 0.2) is 99.6 Å². The third-order valence-electron chi connectivity index (χ3n) is 4.14. The Hall–Kier alpha value is -2.42. The molecule has 0 spiro atoms. The average Bonchev–Trinajstić information content (AvgIpc) is 2.70. The monoisotopic (exact) mass is 436 g/mol. The Bertz CT molecular complexity index is 1000. The minimum absolute atomic E-state index is 0.0502. The zero-order valence-corrected chi connectivity index (χ0v) is 17.0. The minimum Gasteiger partial charge on any atom is -0.743 e. The van der Waals surface area contributed by atoms with E-state index >= 15 is 0 Å². The van der Waals surface area contributed by atoms with Crippen molar-refractivity contribution in [1.82, 2.24) is 0 Å². The van der Waals surface area contributed by atoms with E-state index in [2.05, 4.69) is 0 Å². The Kier molecular flexibility index (Phi) is 6.26. The zero-order valence-electron chi connectivity index (χ0n) is 15.4. The molecule has 3 rings (SSSR count). The van der Waals surface area contributed by atoms with Gasteiger partial charge in [0.25, 0.3) is 0 Å². The fourth-order valence-electron chi connectivity index (χ4n) is 2.65. The maximum Gasteiger partial charge on any atom is 0.369 e. The highest BCUT2D eigenvalue weighted by atomic mass is 32.2. The Morgan fingerprint density at radius 3 is 1.66 bits per heavy atom. The molecule has 1 unspecified atom stereocenters. The molecule has 3 aromatic rings. The first-order valence-electron chi connectivity index (χ1n) is 8.64. The van der Waals surface area contributed by atoms with Gasteiger partial charge >= 0.3 is 5.25 Å². The van der Waals surface area contributed by atoms with E-state index in [1.807, 2.05) is 60.7 Å². The Morgan fingerprint density at radius 1 is 0.828 bits per heavy atom. The van der Waals surface area contributed by atoms with E-state index in [0.29, 0.717) is 0 Å².